The van der Waals surface area contributed by atoms with Crippen LogP contribution >= 0.6 is 0 Å². The van der Waals surface area contributed by atoms with Crippen LogP contribution in [0.1, 0.15) is 35.8 Å². The van der Waals surface area contributed by atoms with Gasteiger partial charge in [-0.3, -0.25) is 14.4 Å². The number of aldehydes is 1. The van der Waals surface area contributed by atoms with Crippen LogP contribution in [0.4, 0.5) is 5.82 Å². The highest BCUT2D eigenvalue weighted by molar-refractivity contribution is 5.84. The zero-order chi connectivity index (χ0) is 14.0. The molecule has 1 aliphatic rings. The molecular weight excluding hydrogens is 240 g/mol. The van der Waals surface area contributed by atoms with Gasteiger partial charge in [0, 0.05) is 26.7 Å². The molecule has 1 aromatic heterocycles. The summed E-state index contributed by atoms with van der Waals surface area (Å²) in [5.74, 6) is 0.926. The Balaban J connectivity index is 2.16. The molecule has 1 aromatic rings. The Bertz CT molecular complexity index is 455. The lowest BCUT2D eigenvalue weighted by atomic mass is 10.2. The van der Waals surface area contributed by atoms with E-state index >= 15 is 0 Å². The minimum Gasteiger partial charge on any atom is -0.358 e. The predicted molar refractivity (Wildman–Crippen MR) is 76.9 cm³/mol. The summed E-state index contributed by atoms with van der Waals surface area (Å²) in [7, 11) is 3.95. The van der Waals surface area contributed by atoms with Crippen LogP contribution in [-0.4, -0.2) is 53.7 Å². The quantitative estimate of drug-likeness (QED) is 0.755. The van der Waals surface area contributed by atoms with Crippen molar-refractivity contribution in [2.45, 2.75) is 32.7 Å². The van der Waals surface area contributed by atoms with Crippen molar-refractivity contribution >= 4 is 12.1 Å². The van der Waals surface area contributed by atoms with Gasteiger partial charge in [-0.15, -0.1) is 0 Å². The number of hydrogen-bond donors (Lipinski definition) is 0. The summed E-state index contributed by atoms with van der Waals surface area (Å²) in [6.45, 7) is 7.34. The number of aromatic nitrogens is 2. The van der Waals surface area contributed by atoms with E-state index in [9.17, 15) is 4.79 Å². The minimum atomic E-state index is 0.588. The molecule has 0 bridgehead atoms. The first-order valence-electron chi connectivity index (χ1n) is 7.02. The van der Waals surface area contributed by atoms with Gasteiger partial charge in [-0.1, -0.05) is 6.92 Å². The van der Waals surface area contributed by atoms with Crippen LogP contribution in [0.25, 0.3) is 0 Å². The molecule has 1 atom stereocenters. The lowest BCUT2D eigenvalue weighted by Gasteiger charge is -2.29. The first-order valence-corrected chi connectivity index (χ1v) is 7.02. The van der Waals surface area contributed by atoms with Gasteiger partial charge >= 0.3 is 0 Å². The number of likely N-dealkylation sites (tertiary alicyclic amines) is 1. The molecule has 0 aliphatic carbocycles. The summed E-state index contributed by atoms with van der Waals surface area (Å²) in [5.41, 5.74) is 1.52. The van der Waals surface area contributed by atoms with E-state index in [0.29, 0.717) is 11.6 Å². The molecular formula is C14H24N4O. The van der Waals surface area contributed by atoms with E-state index in [1.165, 1.54) is 19.4 Å². The van der Waals surface area contributed by atoms with Crippen molar-refractivity contribution in [1.29, 1.82) is 0 Å². The smallest absolute Gasteiger partial charge is 0.155 e. The Hall–Kier alpha value is -1.36. The van der Waals surface area contributed by atoms with Crippen molar-refractivity contribution in [3.05, 3.63) is 11.3 Å². The first kappa shape index (κ1) is 14.1. The molecule has 5 heteroatoms. The van der Waals surface area contributed by atoms with E-state index in [1.54, 1.807) is 0 Å². The molecule has 19 heavy (non-hydrogen) atoms. The maximum absolute atomic E-state index is 11.2. The van der Waals surface area contributed by atoms with Crippen molar-refractivity contribution in [2.75, 3.05) is 31.6 Å². The highest BCUT2D eigenvalue weighted by Gasteiger charge is 2.26. The van der Waals surface area contributed by atoms with Crippen LogP contribution < -0.4 is 4.90 Å². The molecule has 0 aromatic carbocycles. The largest absolute Gasteiger partial charge is 0.358 e. The van der Waals surface area contributed by atoms with Gasteiger partial charge < -0.3 is 4.90 Å². The van der Waals surface area contributed by atoms with E-state index in [4.69, 9.17) is 0 Å². The summed E-state index contributed by atoms with van der Waals surface area (Å²) in [4.78, 5) is 15.9. The van der Waals surface area contributed by atoms with Crippen LogP contribution in [0, 0.1) is 6.92 Å². The predicted octanol–water partition coefficient (Wildman–Crippen LogP) is 1.46. The van der Waals surface area contributed by atoms with Crippen LogP contribution in [0.15, 0.2) is 0 Å². The van der Waals surface area contributed by atoms with E-state index in [1.807, 2.05) is 18.7 Å². The molecule has 0 spiro atoms. The molecule has 106 valence electrons. The number of likely N-dealkylation sites (N-methyl/N-ethyl adjacent to an activating group) is 2. The molecule has 2 heterocycles. The van der Waals surface area contributed by atoms with Gasteiger partial charge in [-0.05, 0) is 32.9 Å². The minimum absolute atomic E-state index is 0.588. The zero-order valence-corrected chi connectivity index (χ0v) is 12.4. The molecule has 0 radical (unpaired) electrons. The molecule has 0 amide bonds. The Morgan fingerprint density at radius 3 is 2.89 bits per heavy atom. The molecule has 1 aliphatic heterocycles. The van der Waals surface area contributed by atoms with Crippen molar-refractivity contribution in [3.63, 3.8) is 0 Å². The molecule has 2 rings (SSSR count). The Kier molecular flexibility index (Phi) is 4.24. The average molecular weight is 264 g/mol. The van der Waals surface area contributed by atoms with Gasteiger partial charge in [0.05, 0.1) is 11.3 Å². The fourth-order valence-corrected chi connectivity index (χ4v) is 3.17. The number of aryl methyl sites for hydroxylation is 2. The van der Waals surface area contributed by atoms with E-state index in [-0.39, 0.29) is 0 Å². The summed E-state index contributed by atoms with van der Waals surface area (Å²) in [5, 5.41) is 4.35. The van der Waals surface area contributed by atoms with Gasteiger partial charge in [0.15, 0.2) is 6.29 Å². The number of rotatable bonds is 5. The summed E-state index contributed by atoms with van der Waals surface area (Å²) < 4.78 is 1.81. The van der Waals surface area contributed by atoms with Gasteiger partial charge in [0.25, 0.3) is 0 Å². The number of nitrogens with zero attached hydrogens (tertiary/aromatic N) is 4. The Labute approximate surface area is 115 Å². The van der Waals surface area contributed by atoms with Gasteiger partial charge in [-0.25, -0.2) is 0 Å². The average Bonchev–Trinajstić information content (AvgIpc) is 2.92. The van der Waals surface area contributed by atoms with Crippen LogP contribution in [-0.2, 0) is 7.05 Å². The first-order chi connectivity index (χ1) is 9.08. The number of carbonyl (C=O) groups is 1. The van der Waals surface area contributed by atoms with E-state index in [0.717, 1.165) is 30.9 Å². The van der Waals surface area contributed by atoms with E-state index in [2.05, 4.69) is 28.9 Å². The molecule has 1 saturated heterocycles. The Morgan fingerprint density at radius 2 is 2.26 bits per heavy atom. The van der Waals surface area contributed by atoms with Crippen LogP contribution in [0.5, 0.6) is 0 Å². The standard InChI is InChI=1S/C14H24N4O/c1-5-18-8-6-7-12(18)9-16(3)14-13(10-19)11(2)15-17(14)4/h10,12H,5-9H2,1-4H3. The maximum Gasteiger partial charge on any atom is 0.155 e. The van der Waals surface area contributed by atoms with Crippen molar-refractivity contribution in [2.24, 2.45) is 7.05 Å². The molecule has 0 N–H and O–H groups in total. The van der Waals surface area contributed by atoms with Crippen LogP contribution in [0.2, 0.25) is 0 Å². The Morgan fingerprint density at radius 1 is 1.53 bits per heavy atom. The second-order valence-corrected chi connectivity index (χ2v) is 5.37. The van der Waals surface area contributed by atoms with Crippen molar-refractivity contribution in [1.82, 2.24) is 14.7 Å². The topological polar surface area (TPSA) is 41.4 Å². The SMILES string of the molecule is CCN1CCCC1CN(C)c1c(C=O)c(C)nn1C. The van der Waals surface area contributed by atoms with Crippen molar-refractivity contribution < 1.29 is 4.79 Å². The highest BCUT2D eigenvalue weighted by atomic mass is 16.1. The second-order valence-electron chi connectivity index (χ2n) is 5.37. The fourth-order valence-electron chi connectivity index (χ4n) is 3.17. The summed E-state index contributed by atoms with van der Waals surface area (Å²) >= 11 is 0. The maximum atomic E-state index is 11.2. The van der Waals surface area contributed by atoms with Gasteiger partial charge in [-0.2, -0.15) is 5.10 Å². The van der Waals surface area contributed by atoms with Crippen LogP contribution in [0.3, 0.4) is 0 Å². The molecule has 5 nitrogen and oxygen atoms in total. The third kappa shape index (κ3) is 2.66. The van der Waals surface area contributed by atoms with Gasteiger partial charge in [0.1, 0.15) is 5.82 Å². The van der Waals surface area contributed by atoms with E-state index < -0.39 is 0 Å². The highest BCUT2D eigenvalue weighted by Crippen LogP contribution is 2.23. The van der Waals surface area contributed by atoms with Crippen molar-refractivity contribution in [3.8, 4) is 0 Å². The third-order valence-corrected chi connectivity index (χ3v) is 4.11. The zero-order valence-electron chi connectivity index (χ0n) is 12.4. The number of anilines is 1. The lowest BCUT2D eigenvalue weighted by Crippen LogP contribution is -2.39. The lowest BCUT2D eigenvalue weighted by molar-refractivity contribution is 0.112. The summed E-state index contributed by atoms with van der Waals surface area (Å²) in [6, 6.07) is 0.588. The number of hydrogen-bond acceptors (Lipinski definition) is 4. The van der Waals surface area contributed by atoms with Gasteiger partial charge in [0.2, 0.25) is 0 Å². The fraction of sp³-hybridized carbons (Fsp3) is 0.714. The third-order valence-electron chi connectivity index (χ3n) is 4.11. The number of carbonyl (C=O) groups excluding carboxylic acids is 1. The monoisotopic (exact) mass is 264 g/mol. The molecule has 1 unspecified atom stereocenters. The normalized spacial score (nSPS) is 19.9. The summed E-state index contributed by atoms with van der Waals surface area (Å²) in [6.07, 6.45) is 3.43. The molecule has 0 saturated carbocycles. The molecule has 1 fully saturated rings. The second kappa shape index (κ2) is 5.74.